The van der Waals surface area contributed by atoms with Gasteiger partial charge >= 0.3 is 0 Å². The zero-order valence-electron chi connectivity index (χ0n) is 21.9. The van der Waals surface area contributed by atoms with Crippen molar-refractivity contribution in [2.45, 2.75) is 19.7 Å². The van der Waals surface area contributed by atoms with E-state index in [4.69, 9.17) is 4.74 Å². The summed E-state index contributed by atoms with van der Waals surface area (Å²) < 4.78 is 28.5. The van der Waals surface area contributed by atoms with Gasteiger partial charge in [-0.1, -0.05) is 42.5 Å². The zero-order chi connectivity index (χ0) is 27.1. The first kappa shape index (κ1) is 26.5. The highest BCUT2D eigenvalue weighted by atomic mass is 32.2. The predicted octanol–water partition coefficient (Wildman–Crippen LogP) is 5.53. The number of hydrogen-bond donors (Lipinski definition) is 2. The average molecular weight is 541 g/mol. The Bertz CT molecular complexity index is 1520. The molecule has 39 heavy (non-hydrogen) atoms. The molecule has 2 N–H and O–H groups in total. The van der Waals surface area contributed by atoms with Gasteiger partial charge in [0.15, 0.2) is 0 Å². The smallest absolute Gasteiger partial charge is 0.148 e. The molecule has 0 unspecified atom stereocenters. The molecule has 2 heterocycles. The van der Waals surface area contributed by atoms with Crippen LogP contribution in [-0.2, 0) is 29.5 Å². The van der Waals surface area contributed by atoms with Crippen LogP contribution in [0.5, 0.6) is 5.75 Å². The summed E-state index contributed by atoms with van der Waals surface area (Å²) in [6.45, 7) is 2.32. The second kappa shape index (κ2) is 12.1. The third-order valence-electron chi connectivity index (χ3n) is 6.48. The van der Waals surface area contributed by atoms with Gasteiger partial charge in [-0.05, 0) is 53.6 Å². The van der Waals surface area contributed by atoms with Gasteiger partial charge in [0.25, 0.3) is 0 Å². The predicted molar refractivity (Wildman–Crippen MR) is 158 cm³/mol. The highest BCUT2D eigenvalue weighted by molar-refractivity contribution is 7.90. The maximum atomic E-state index is 11.3. The molecule has 0 radical (unpaired) electrons. The molecule has 0 spiro atoms. The number of pyridine rings is 1. The van der Waals surface area contributed by atoms with E-state index in [-0.39, 0.29) is 5.75 Å². The summed E-state index contributed by atoms with van der Waals surface area (Å²) in [5, 5.41) is 6.71. The van der Waals surface area contributed by atoms with Crippen LogP contribution in [0.2, 0.25) is 0 Å². The van der Waals surface area contributed by atoms with Crippen LogP contribution in [0, 0.1) is 0 Å². The van der Waals surface area contributed by atoms with E-state index in [1.807, 2.05) is 54.9 Å². The van der Waals surface area contributed by atoms with Crippen molar-refractivity contribution in [3.63, 3.8) is 0 Å². The van der Waals surface area contributed by atoms with Gasteiger partial charge in [0, 0.05) is 54.2 Å². The molecule has 200 valence electrons. The largest absolute Gasteiger partial charge is 0.489 e. The summed E-state index contributed by atoms with van der Waals surface area (Å²) >= 11 is 0. The van der Waals surface area contributed by atoms with Crippen molar-refractivity contribution in [3.05, 3.63) is 120 Å². The molecule has 0 bridgehead atoms. The third-order valence-corrected chi connectivity index (χ3v) is 7.43. The molecule has 4 aromatic rings. The van der Waals surface area contributed by atoms with E-state index in [1.54, 1.807) is 0 Å². The molecule has 1 aromatic heterocycles. The summed E-state index contributed by atoms with van der Waals surface area (Å²) in [6.07, 6.45) is 9.16. The molecule has 0 fully saturated rings. The van der Waals surface area contributed by atoms with Crippen molar-refractivity contribution in [2.24, 2.45) is 0 Å². The van der Waals surface area contributed by atoms with Crippen LogP contribution < -0.4 is 20.3 Å². The number of rotatable bonds is 11. The maximum Gasteiger partial charge on any atom is 0.148 e. The molecule has 1 aliphatic heterocycles. The van der Waals surface area contributed by atoms with E-state index in [9.17, 15) is 8.42 Å². The molecule has 0 aliphatic carbocycles. The minimum absolute atomic E-state index is 0.139. The van der Waals surface area contributed by atoms with Crippen LogP contribution in [-0.4, -0.2) is 32.0 Å². The Morgan fingerprint density at radius 3 is 2.44 bits per heavy atom. The van der Waals surface area contributed by atoms with Gasteiger partial charge in [0.1, 0.15) is 22.2 Å². The molecule has 5 rings (SSSR count). The van der Waals surface area contributed by atoms with Crippen molar-refractivity contribution in [1.82, 2.24) is 10.3 Å². The fourth-order valence-electron chi connectivity index (χ4n) is 4.33. The Labute approximate surface area is 230 Å². The first-order valence-corrected chi connectivity index (χ1v) is 14.9. The van der Waals surface area contributed by atoms with Gasteiger partial charge in [0.2, 0.25) is 0 Å². The molecule has 0 saturated carbocycles. The number of nitrogens with zero attached hydrogens (tertiary/aromatic N) is 2. The second-order valence-corrected chi connectivity index (χ2v) is 11.9. The number of fused-ring (bicyclic) bond motifs is 1. The van der Waals surface area contributed by atoms with Crippen LogP contribution in [0.1, 0.15) is 22.3 Å². The van der Waals surface area contributed by atoms with Gasteiger partial charge < -0.3 is 20.3 Å². The highest BCUT2D eigenvalue weighted by Crippen LogP contribution is 2.31. The van der Waals surface area contributed by atoms with E-state index >= 15 is 0 Å². The number of hydrogen-bond acceptors (Lipinski definition) is 7. The molecule has 0 saturated heterocycles. The number of sulfone groups is 1. The summed E-state index contributed by atoms with van der Waals surface area (Å²) in [5.41, 5.74) is 7.51. The van der Waals surface area contributed by atoms with E-state index in [1.165, 1.54) is 11.8 Å². The SMILES string of the molecule is CS(=O)(=O)CCNCc1ccc(N2C=Cc3cncc(Nc4ccc(OCc5ccccc5)cc4)c3C2)cc1. The first-order valence-electron chi connectivity index (χ1n) is 12.9. The maximum absolute atomic E-state index is 11.3. The normalized spacial score (nSPS) is 12.7. The van der Waals surface area contributed by atoms with Crippen molar-refractivity contribution < 1.29 is 13.2 Å². The molecule has 1 aliphatic rings. The number of anilines is 3. The van der Waals surface area contributed by atoms with Crippen molar-refractivity contribution in [1.29, 1.82) is 0 Å². The minimum Gasteiger partial charge on any atom is -0.489 e. The molecule has 3 aromatic carbocycles. The molecule has 7 nitrogen and oxygen atoms in total. The van der Waals surface area contributed by atoms with Crippen LogP contribution in [0.15, 0.2) is 97.5 Å². The monoisotopic (exact) mass is 540 g/mol. The van der Waals surface area contributed by atoms with Crippen LogP contribution in [0.25, 0.3) is 6.08 Å². The van der Waals surface area contributed by atoms with Crippen molar-refractivity contribution >= 4 is 33.0 Å². The van der Waals surface area contributed by atoms with Gasteiger partial charge in [-0.25, -0.2) is 8.42 Å². The Morgan fingerprint density at radius 2 is 1.69 bits per heavy atom. The zero-order valence-corrected chi connectivity index (χ0v) is 22.7. The van der Waals surface area contributed by atoms with Crippen molar-refractivity contribution in [2.75, 3.05) is 28.8 Å². The van der Waals surface area contributed by atoms with Gasteiger partial charge in [-0.2, -0.15) is 0 Å². The standard InChI is InChI=1S/C31H32N4O3S/c1-39(36,37)18-16-32-19-24-7-11-28(12-8-24)35-17-15-26-20-33-21-31(30(26)22-35)34-27-9-13-29(14-10-27)38-23-25-5-3-2-4-6-25/h2-15,17,20-21,32,34H,16,18-19,22-23H2,1H3. The topological polar surface area (TPSA) is 83.6 Å². The van der Waals surface area contributed by atoms with Crippen molar-refractivity contribution in [3.8, 4) is 5.75 Å². The summed E-state index contributed by atoms with van der Waals surface area (Å²) in [7, 11) is -2.95. The van der Waals surface area contributed by atoms with E-state index in [0.29, 0.717) is 26.2 Å². The molecule has 8 heteroatoms. The lowest BCUT2D eigenvalue weighted by atomic mass is 10.0. The summed E-state index contributed by atoms with van der Waals surface area (Å²) in [4.78, 5) is 6.64. The quantitative estimate of drug-likeness (QED) is 0.242. The van der Waals surface area contributed by atoms with E-state index < -0.39 is 9.84 Å². The number of benzene rings is 3. The van der Waals surface area contributed by atoms with Crippen LogP contribution in [0.3, 0.4) is 0 Å². The van der Waals surface area contributed by atoms with E-state index in [2.05, 4.69) is 69.2 Å². The lowest BCUT2D eigenvalue weighted by molar-refractivity contribution is 0.306. The number of nitrogens with one attached hydrogen (secondary N) is 2. The van der Waals surface area contributed by atoms with Crippen LogP contribution >= 0.6 is 0 Å². The first-order chi connectivity index (χ1) is 18.9. The van der Waals surface area contributed by atoms with Gasteiger partial charge in [0.05, 0.1) is 24.2 Å². The average Bonchev–Trinajstić information content (AvgIpc) is 2.95. The Hall–Kier alpha value is -4.14. The Morgan fingerprint density at radius 1 is 0.923 bits per heavy atom. The Kier molecular flexibility index (Phi) is 8.24. The highest BCUT2D eigenvalue weighted by Gasteiger charge is 2.16. The number of ether oxygens (including phenoxy) is 1. The lowest BCUT2D eigenvalue weighted by Crippen LogP contribution is -2.22. The van der Waals surface area contributed by atoms with Gasteiger partial charge in [-0.3, -0.25) is 4.98 Å². The van der Waals surface area contributed by atoms with E-state index in [0.717, 1.165) is 39.5 Å². The summed E-state index contributed by atoms with van der Waals surface area (Å²) in [5.74, 6) is 0.960. The lowest BCUT2D eigenvalue weighted by Gasteiger charge is -2.27. The summed E-state index contributed by atoms with van der Waals surface area (Å²) in [6, 6.07) is 26.4. The van der Waals surface area contributed by atoms with Gasteiger partial charge in [-0.15, -0.1) is 0 Å². The van der Waals surface area contributed by atoms with Crippen LogP contribution in [0.4, 0.5) is 17.1 Å². The molecule has 0 atom stereocenters. The third kappa shape index (κ3) is 7.46. The fourth-order valence-corrected chi connectivity index (χ4v) is 4.84. The second-order valence-electron chi connectivity index (χ2n) is 9.60. The molecular weight excluding hydrogens is 508 g/mol. The fraction of sp³-hybridized carbons (Fsp3) is 0.194. The Balaban J connectivity index is 1.20. The molecular formula is C31H32N4O3S. The number of aromatic nitrogens is 1. The minimum atomic E-state index is -2.95. The molecule has 0 amide bonds.